The standard InChI is InChI=1S/C12H22N2/c1-4-5-11(2)9-14-7-6-12(10-14)8-13-3/h6-7,10-11,13H,4-5,8-9H2,1-3H3. The minimum absolute atomic E-state index is 0.787. The second-order valence-corrected chi connectivity index (χ2v) is 4.14. The summed E-state index contributed by atoms with van der Waals surface area (Å²) in [6.45, 7) is 6.69. The van der Waals surface area contributed by atoms with Gasteiger partial charge >= 0.3 is 0 Å². The third-order valence-corrected chi connectivity index (χ3v) is 2.50. The van der Waals surface area contributed by atoms with Gasteiger partial charge in [0.2, 0.25) is 0 Å². The van der Waals surface area contributed by atoms with E-state index in [1.165, 1.54) is 18.4 Å². The minimum atomic E-state index is 0.787. The van der Waals surface area contributed by atoms with Crippen molar-refractivity contribution in [1.29, 1.82) is 0 Å². The highest BCUT2D eigenvalue weighted by Gasteiger charge is 2.02. The van der Waals surface area contributed by atoms with Gasteiger partial charge in [-0.1, -0.05) is 20.3 Å². The molecule has 0 aliphatic carbocycles. The smallest absolute Gasteiger partial charge is 0.0245 e. The Morgan fingerprint density at radius 2 is 2.29 bits per heavy atom. The van der Waals surface area contributed by atoms with E-state index < -0.39 is 0 Å². The monoisotopic (exact) mass is 194 g/mol. The predicted molar refractivity (Wildman–Crippen MR) is 61.3 cm³/mol. The Labute approximate surface area is 87.3 Å². The molecular formula is C12H22N2. The molecule has 0 fully saturated rings. The van der Waals surface area contributed by atoms with Crippen molar-refractivity contribution in [3.8, 4) is 0 Å². The van der Waals surface area contributed by atoms with Crippen molar-refractivity contribution >= 4 is 0 Å². The highest BCUT2D eigenvalue weighted by atomic mass is 14.9. The second kappa shape index (κ2) is 5.86. The van der Waals surface area contributed by atoms with Crippen molar-refractivity contribution in [2.45, 2.75) is 39.8 Å². The third kappa shape index (κ3) is 3.54. The molecule has 1 rings (SSSR count). The van der Waals surface area contributed by atoms with Gasteiger partial charge in [0.25, 0.3) is 0 Å². The van der Waals surface area contributed by atoms with E-state index >= 15 is 0 Å². The van der Waals surface area contributed by atoms with Crippen molar-refractivity contribution in [1.82, 2.24) is 9.88 Å². The van der Waals surface area contributed by atoms with Crippen LogP contribution in [0.4, 0.5) is 0 Å². The van der Waals surface area contributed by atoms with Crippen LogP contribution in [-0.4, -0.2) is 11.6 Å². The van der Waals surface area contributed by atoms with Crippen LogP contribution in [0.2, 0.25) is 0 Å². The van der Waals surface area contributed by atoms with Gasteiger partial charge in [-0.3, -0.25) is 0 Å². The van der Waals surface area contributed by atoms with Crippen LogP contribution in [0.1, 0.15) is 32.3 Å². The lowest BCUT2D eigenvalue weighted by Crippen LogP contribution is -2.06. The Balaban J connectivity index is 2.42. The molecule has 1 atom stereocenters. The highest BCUT2D eigenvalue weighted by molar-refractivity contribution is 5.09. The Morgan fingerprint density at radius 3 is 2.93 bits per heavy atom. The normalized spacial score (nSPS) is 13.1. The molecule has 2 heteroatoms. The van der Waals surface area contributed by atoms with Crippen LogP contribution in [0.15, 0.2) is 18.5 Å². The maximum absolute atomic E-state index is 3.16. The van der Waals surface area contributed by atoms with Crippen molar-refractivity contribution in [3.63, 3.8) is 0 Å². The van der Waals surface area contributed by atoms with Gasteiger partial charge in [0, 0.05) is 25.5 Å². The van der Waals surface area contributed by atoms with Gasteiger partial charge in [0.15, 0.2) is 0 Å². The van der Waals surface area contributed by atoms with Crippen molar-refractivity contribution in [3.05, 3.63) is 24.0 Å². The summed E-state index contributed by atoms with van der Waals surface area (Å²) in [5.41, 5.74) is 1.37. The molecule has 0 spiro atoms. The number of nitrogens with one attached hydrogen (secondary N) is 1. The Hall–Kier alpha value is -0.760. The van der Waals surface area contributed by atoms with E-state index in [1.54, 1.807) is 0 Å². The quantitative estimate of drug-likeness (QED) is 0.736. The SMILES string of the molecule is CCCC(C)Cn1ccc(CNC)c1. The van der Waals surface area contributed by atoms with Crippen LogP contribution in [0.3, 0.4) is 0 Å². The molecule has 0 saturated carbocycles. The van der Waals surface area contributed by atoms with E-state index in [0.29, 0.717) is 0 Å². The van der Waals surface area contributed by atoms with Gasteiger partial charge in [0.1, 0.15) is 0 Å². The number of rotatable bonds is 6. The molecule has 0 amide bonds. The average Bonchev–Trinajstić information content (AvgIpc) is 2.53. The molecular weight excluding hydrogens is 172 g/mol. The zero-order valence-corrected chi connectivity index (χ0v) is 9.59. The maximum atomic E-state index is 3.16. The molecule has 1 aromatic rings. The zero-order valence-electron chi connectivity index (χ0n) is 9.59. The van der Waals surface area contributed by atoms with E-state index in [9.17, 15) is 0 Å². The molecule has 1 unspecified atom stereocenters. The van der Waals surface area contributed by atoms with E-state index in [4.69, 9.17) is 0 Å². The summed E-state index contributed by atoms with van der Waals surface area (Å²) in [5, 5.41) is 3.16. The summed E-state index contributed by atoms with van der Waals surface area (Å²) in [7, 11) is 1.98. The van der Waals surface area contributed by atoms with E-state index in [-0.39, 0.29) is 0 Å². The second-order valence-electron chi connectivity index (χ2n) is 4.14. The Bertz CT molecular complexity index is 253. The number of hydrogen-bond donors (Lipinski definition) is 1. The first-order valence-corrected chi connectivity index (χ1v) is 5.55. The van der Waals surface area contributed by atoms with Crippen molar-refractivity contribution in [2.24, 2.45) is 5.92 Å². The first-order chi connectivity index (χ1) is 6.76. The van der Waals surface area contributed by atoms with E-state index in [2.05, 4.69) is 42.2 Å². The molecule has 0 saturated heterocycles. The van der Waals surface area contributed by atoms with Gasteiger partial charge in [-0.25, -0.2) is 0 Å². The first kappa shape index (κ1) is 11.3. The Kier molecular flexibility index (Phi) is 4.74. The van der Waals surface area contributed by atoms with Crippen LogP contribution in [0.25, 0.3) is 0 Å². The lowest BCUT2D eigenvalue weighted by atomic mass is 10.1. The molecule has 0 aliphatic heterocycles. The van der Waals surface area contributed by atoms with Gasteiger partial charge in [-0.2, -0.15) is 0 Å². The molecule has 2 nitrogen and oxygen atoms in total. The molecule has 0 radical (unpaired) electrons. The topological polar surface area (TPSA) is 17.0 Å². The highest BCUT2D eigenvalue weighted by Crippen LogP contribution is 2.10. The molecule has 1 aromatic heterocycles. The summed E-state index contributed by atoms with van der Waals surface area (Å²) in [4.78, 5) is 0. The molecule has 1 N–H and O–H groups in total. The van der Waals surface area contributed by atoms with Crippen LogP contribution in [0, 0.1) is 5.92 Å². The molecule has 0 aliphatic rings. The number of aromatic nitrogens is 1. The molecule has 0 aromatic carbocycles. The molecule has 14 heavy (non-hydrogen) atoms. The third-order valence-electron chi connectivity index (χ3n) is 2.50. The zero-order chi connectivity index (χ0) is 10.4. The van der Waals surface area contributed by atoms with Crippen molar-refractivity contribution in [2.75, 3.05) is 7.05 Å². The lowest BCUT2D eigenvalue weighted by Gasteiger charge is -2.10. The first-order valence-electron chi connectivity index (χ1n) is 5.55. The molecule has 1 heterocycles. The summed E-state index contributed by atoms with van der Waals surface area (Å²) >= 11 is 0. The average molecular weight is 194 g/mol. The molecule has 80 valence electrons. The van der Waals surface area contributed by atoms with Crippen LogP contribution in [-0.2, 0) is 13.1 Å². The lowest BCUT2D eigenvalue weighted by molar-refractivity contribution is 0.446. The van der Waals surface area contributed by atoms with Gasteiger partial charge in [-0.15, -0.1) is 0 Å². The van der Waals surface area contributed by atoms with E-state index in [1.807, 2.05) is 7.05 Å². The van der Waals surface area contributed by atoms with Crippen LogP contribution in [0.5, 0.6) is 0 Å². The van der Waals surface area contributed by atoms with Crippen LogP contribution >= 0.6 is 0 Å². The summed E-state index contributed by atoms with van der Waals surface area (Å²) < 4.78 is 2.30. The fraction of sp³-hybridized carbons (Fsp3) is 0.667. The summed E-state index contributed by atoms with van der Waals surface area (Å²) in [5.74, 6) is 0.787. The van der Waals surface area contributed by atoms with Gasteiger partial charge in [0.05, 0.1) is 0 Å². The van der Waals surface area contributed by atoms with E-state index in [0.717, 1.165) is 19.0 Å². The van der Waals surface area contributed by atoms with Crippen molar-refractivity contribution < 1.29 is 0 Å². The fourth-order valence-corrected chi connectivity index (χ4v) is 1.86. The maximum Gasteiger partial charge on any atom is 0.0245 e. The summed E-state index contributed by atoms with van der Waals surface area (Å²) in [6.07, 6.45) is 7.02. The minimum Gasteiger partial charge on any atom is -0.354 e. The summed E-state index contributed by atoms with van der Waals surface area (Å²) in [6, 6.07) is 2.19. The van der Waals surface area contributed by atoms with Crippen LogP contribution < -0.4 is 5.32 Å². The fourth-order valence-electron chi connectivity index (χ4n) is 1.86. The number of hydrogen-bond acceptors (Lipinski definition) is 1. The van der Waals surface area contributed by atoms with Gasteiger partial charge < -0.3 is 9.88 Å². The Morgan fingerprint density at radius 1 is 1.50 bits per heavy atom. The number of nitrogens with zero attached hydrogens (tertiary/aromatic N) is 1. The largest absolute Gasteiger partial charge is 0.354 e. The molecule has 0 bridgehead atoms. The predicted octanol–water partition coefficient (Wildman–Crippen LogP) is 2.64. The van der Waals surface area contributed by atoms with Gasteiger partial charge in [-0.05, 0) is 31.0 Å².